The Morgan fingerprint density at radius 2 is 1.97 bits per heavy atom. The van der Waals surface area contributed by atoms with Gasteiger partial charge < -0.3 is 25.0 Å². The van der Waals surface area contributed by atoms with E-state index in [1.807, 2.05) is 36.5 Å². The molecule has 2 aromatic heterocycles. The number of hydrogen-bond acceptors (Lipinski definition) is 8. The van der Waals surface area contributed by atoms with Crippen molar-refractivity contribution in [3.63, 3.8) is 0 Å². The fourth-order valence-corrected chi connectivity index (χ4v) is 4.08. The summed E-state index contributed by atoms with van der Waals surface area (Å²) in [4.78, 5) is 28.3. The maximum atomic E-state index is 12.3. The van der Waals surface area contributed by atoms with Gasteiger partial charge in [-0.05, 0) is 25.0 Å². The van der Waals surface area contributed by atoms with Crippen molar-refractivity contribution in [1.29, 1.82) is 0 Å². The molecule has 9 nitrogen and oxygen atoms in total. The number of amides is 1. The highest BCUT2D eigenvalue weighted by molar-refractivity contribution is 5.89. The molecule has 9 heteroatoms. The second kappa shape index (κ2) is 10.9. The van der Waals surface area contributed by atoms with E-state index in [0.717, 1.165) is 54.0 Å². The second-order valence-electron chi connectivity index (χ2n) is 7.97. The van der Waals surface area contributed by atoms with E-state index < -0.39 is 0 Å². The SMILES string of the molecule is COCCNC(=O)C1CCN(c2nccc3nc(NCc4ccccc4OC)ncc23)CC1. The van der Waals surface area contributed by atoms with Crippen LogP contribution in [-0.2, 0) is 16.1 Å². The number of para-hydroxylation sites is 1. The van der Waals surface area contributed by atoms with Gasteiger partial charge in [-0.3, -0.25) is 4.79 Å². The number of ether oxygens (including phenoxy) is 2. The van der Waals surface area contributed by atoms with Crippen LogP contribution in [0.2, 0.25) is 0 Å². The van der Waals surface area contributed by atoms with E-state index in [2.05, 4.69) is 30.5 Å². The molecule has 0 bridgehead atoms. The van der Waals surface area contributed by atoms with Crippen molar-refractivity contribution in [1.82, 2.24) is 20.3 Å². The van der Waals surface area contributed by atoms with E-state index in [-0.39, 0.29) is 11.8 Å². The van der Waals surface area contributed by atoms with Crippen molar-refractivity contribution in [2.45, 2.75) is 19.4 Å². The van der Waals surface area contributed by atoms with Crippen LogP contribution in [-0.4, -0.2) is 61.3 Å². The van der Waals surface area contributed by atoms with Crippen molar-refractivity contribution in [2.24, 2.45) is 5.92 Å². The minimum Gasteiger partial charge on any atom is -0.496 e. The van der Waals surface area contributed by atoms with Gasteiger partial charge >= 0.3 is 0 Å². The Hall–Kier alpha value is -3.46. The fraction of sp³-hybridized carbons (Fsp3) is 0.417. The number of anilines is 2. The zero-order valence-electron chi connectivity index (χ0n) is 19.1. The second-order valence-corrected chi connectivity index (χ2v) is 7.97. The van der Waals surface area contributed by atoms with Gasteiger partial charge in [-0.15, -0.1) is 0 Å². The van der Waals surface area contributed by atoms with Gasteiger partial charge in [0.15, 0.2) is 0 Å². The fourth-order valence-electron chi connectivity index (χ4n) is 4.08. The molecule has 1 aromatic carbocycles. The van der Waals surface area contributed by atoms with Crippen LogP contribution in [0, 0.1) is 5.92 Å². The predicted octanol–water partition coefficient (Wildman–Crippen LogP) is 2.62. The molecule has 1 aliphatic rings. The number of carbonyl (C=O) groups is 1. The van der Waals surface area contributed by atoms with Crippen molar-refractivity contribution in [3.05, 3.63) is 48.3 Å². The Kier molecular flexibility index (Phi) is 7.51. The zero-order chi connectivity index (χ0) is 23.0. The van der Waals surface area contributed by atoms with E-state index in [0.29, 0.717) is 25.6 Å². The molecule has 174 valence electrons. The summed E-state index contributed by atoms with van der Waals surface area (Å²) < 4.78 is 10.4. The summed E-state index contributed by atoms with van der Waals surface area (Å²) >= 11 is 0. The van der Waals surface area contributed by atoms with Gasteiger partial charge in [0.1, 0.15) is 11.6 Å². The van der Waals surface area contributed by atoms with Crippen molar-refractivity contribution in [3.8, 4) is 5.75 Å². The largest absolute Gasteiger partial charge is 0.496 e. The number of carbonyl (C=O) groups excluding carboxylic acids is 1. The number of hydrogen-bond donors (Lipinski definition) is 2. The Morgan fingerprint density at radius 3 is 2.76 bits per heavy atom. The third-order valence-electron chi connectivity index (χ3n) is 5.89. The molecule has 2 N–H and O–H groups in total. The maximum absolute atomic E-state index is 12.3. The maximum Gasteiger partial charge on any atom is 0.223 e. The Bertz CT molecular complexity index is 1080. The number of rotatable bonds is 9. The van der Waals surface area contributed by atoms with Gasteiger partial charge in [0.05, 0.1) is 24.6 Å². The lowest BCUT2D eigenvalue weighted by atomic mass is 9.95. The van der Waals surface area contributed by atoms with Crippen LogP contribution in [0.5, 0.6) is 5.75 Å². The summed E-state index contributed by atoms with van der Waals surface area (Å²) in [6.45, 7) is 3.17. The van der Waals surface area contributed by atoms with Gasteiger partial charge in [0.2, 0.25) is 11.9 Å². The van der Waals surface area contributed by atoms with Gasteiger partial charge in [-0.1, -0.05) is 18.2 Å². The number of benzene rings is 1. The first-order valence-electron chi connectivity index (χ1n) is 11.2. The van der Waals surface area contributed by atoms with Crippen LogP contribution in [0.15, 0.2) is 42.7 Å². The lowest BCUT2D eigenvalue weighted by Crippen LogP contribution is -2.41. The van der Waals surface area contributed by atoms with Gasteiger partial charge in [0.25, 0.3) is 0 Å². The van der Waals surface area contributed by atoms with Gasteiger partial charge in [0, 0.05) is 57.2 Å². The van der Waals surface area contributed by atoms with E-state index >= 15 is 0 Å². The van der Waals surface area contributed by atoms with Crippen molar-refractivity contribution in [2.75, 3.05) is 50.7 Å². The first kappa shape index (κ1) is 22.7. The Labute approximate surface area is 193 Å². The number of nitrogens with one attached hydrogen (secondary N) is 2. The number of pyridine rings is 1. The zero-order valence-corrected chi connectivity index (χ0v) is 19.1. The highest BCUT2D eigenvalue weighted by Gasteiger charge is 2.26. The number of fused-ring (bicyclic) bond motifs is 1. The molecule has 0 unspecified atom stereocenters. The van der Waals surface area contributed by atoms with Crippen LogP contribution in [0.25, 0.3) is 10.9 Å². The van der Waals surface area contributed by atoms with Crippen LogP contribution in [0.1, 0.15) is 18.4 Å². The first-order chi connectivity index (χ1) is 16.2. The molecule has 0 radical (unpaired) electrons. The highest BCUT2D eigenvalue weighted by atomic mass is 16.5. The smallest absolute Gasteiger partial charge is 0.223 e. The summed E-state index contributed by atoms with van der Waals surface area (Å²) in [6, 6.07) is 9.76. The van der Waals surface area contributed by atoms with E-state index in [1.54, 1.807) is 20.4 Å². The van der Waals surface area contributed by atoms with E-state index in [9.17, 15) is 4.79 Å². The molecule has 1 amide bonds. The first-order valence-corrected chi connectivity index (χ1v) is 11.2. The quantitative estimate of drug-likeness (QED) is 0.480. The summed E-state index contributed by atoms with van der Waals surface area (Å²) in [5.74, 6) is 2.37. The third-order valence-corrected chi connectivity index (χ3v) is 5.89. The number of aromatic nitrogens is 3. The Balaban J connectivity index is 1.41. The van der Waals surface area contributed by atoms with Crippen LogP contribution < -0.4 is 20.3 Å². The Morgan fingerprint density at radius 1 is 1.15 bits per heavy atom. The summed E-state index contributed by atoms with van der Waals surface area (Å²) in [5, 5.41) is 7.12. The molecule has 0 atom stereocenters. The molecular weight excluding hydrogens is 420 g/mol. The molecule has 1 aliphatic heterocycles. The predicted molar refractivity (Wildman–Crippen MR) is 127 cm³/mol. The molecule has 0 saturated carbocycles. The van der Waals surface area contributed by atoms with Crippen molar-refractivity contribution >= 4 is 28.6 Å². The molecule has 33 heavy (non-hydrogen) atoms. The lowest BCUT2D eigenvalue weighted by Gasteiger charge is -2.32. The van der Waals surface area contributed by atoms with E-state index in [4.69, 9.17) is 9.47 Å². The minimum absolute atomic E-state index is 0.0233. The lowest BCUT2D eigenvalue weighted by molar-refractivity contribution is -0.125. The van der Waals surface area contributed by atoms with Crippen LogP contribution >= 0.6 is 0 Å². The molecule has 3 heterocycles. The monoisotopic (exact) mass is 450 g/mol. The molecule has 0 spiro atoms. The van der Waals surface area contributed by atoms with Crippen molar-refractivity contribution < 1.29 is 14.3 Å². The molecular formula is C24H30N6O3. The molecule has 4 rings (SSSR count). The van der Waals surface area contributed by atoms with Crippen LogP contribution in [0.3, 0.4) is 0 Å². The average Bonchev–Trinajstić information content (AvgIpc) is 2.87. The third kappa shape index (κ3) is 5.48. The van der Waals surface area contributed by atoms with Crippen LogP contribution in [0.4, 0.5) is 11.8 Å². The normalized spacial score (nSPS) is 14.3. The molecule has 1 saturated heterocycles. The summed E-state index contributed by atoms with van der Waals surface area (Å²) in [6.07, 6.45) is 5.17. The minimum atomic E-state index is 0.0233. The standard InChI is InChI=1S/C24H30N6O3/c1-32-14-11-26-23(31)17-8-12-30(13-9-17)22-19-16-28-24(29-20(19)7-10-25-22)27-15-18-5-3-4-6-21(18)33-2/h3-7,10,16-17H,8-9,11-15H2,1-2H3,(H,26,31)(H,27,28,29). The molecule has 3 aromatic rings. The average molecular weight is 451 g/mol. The number of piperidine rings is 1. The number of methoxy groups -OCH3 is 2. The molecule has 0 aliphatic carbocycles. The van der Waals surface area contributed by atoms with E-state index in [1.165, 1.54) is 0 Å². The van der Waals surface area contributed by atoms with Gasteiger partial charge in [-0.2, -0.15) is 0 Å². The van der Waals surface area contributed by atoms with Gasteiger partial charge in [-0.25, -0.2) is 15.0 Å². The topological polar surface area (TPSA) is 102 Å². The highest BCUT2D eigenvalue weighted by Crippen LogP contribution is 2.28. The molecule has 1 fully saturated rings. The number of nitrogens with zero attached hydrogens (tertiary/aromatic N) is 4. The summed E-state index contributed by atoms with van der Waals surface area (Å²) in [5.41, 5.74) is 1.87. The summed E-state index contributed by atoms with van der Waals surface area (Å²) in [7, 11) is 3.29.